The minimum atomic E-state index is 0.141. The van der Waals surface area contributed by atoms with Gasteiger partial charge in [0.2, 0.25) is 0 Å². The second-order valence-corrected chi connectivity index (χ2v) is 5.97. The van der Waals surface area contributed by atoms with Crippen LogP contribution in [0.1, 0.15) is 28.8 Å². The second kappa shape index (κ2) is 7.57. The SMILES string of the molecule is CNCCc1ccccc1C(=O)N(C)CC1CCCN1C. The van der Waals surface area contributed by atoms with Gasteiger partial charge >= 0.3 is 0 Å². The van der Waals surface area contributed by atoms with Gasteiger partial charge in [-0.1, -0.05) is 18.2 Å². The number of hydrogen-bond donors (Lipinski definition) is 1. The normalized spacial score (nSPS) is 18.9. The molecule has 0 spiro atoms. The first kappa shape index (κ1) is 16.0. The molecule has 0 bridgehead atoms. The molecule has 1 N–H and O–H groups in total. The predicted molar refractivity (Wildman–Crippen MR) is 86.7 cm³/mol. The van der Waals surface area contributed by atoms with Crippen molar-refractivity contribution in [1.82, 2.24) is 15.1 Å². The van der Waals surface area contributed by atoms with Gasteiger partial charge in [0.25, 0.3) is 5.91 Å². The summed E-state index contributed by atoms with van der Waals surface area (Å²) >= 11 is 0. The van der Waals surface area contributed by atoms with E-state index in [9.17, 15) is 4.79 Å². The van der Waals surface area contributed by atoms with Crippen molar-refractivity contribution in [2.24, 2.45) is 0 Å². The molecule has 4 nitrogen and oxygen atoms in total. The molecule has 1 atom stereocenters. The van der Waals surface area contributed by atoms with E-state index in [2.05, 4.69) is 23.3 Å². The summed E-state index contributed by atoms with van der Waals surface area (Å²) in [6, 6.07) is 8.46. The van der Waals surface area contributed by atoms with Crippen molar-refractivity contribution in [2.45, 2.75) is 25.3 Å². The summed E-state index contributed by atoms with van der Waals surface area (Å²) in [7, 11) is 6.01. The molecule has 1 amide bonds. The van der Waals surface area contributed by atoms with Crippen LogP contribution in [0.15, 0.2) is 24.3 Å². The molecule has 1 aliphatic heterocycles. The van der Waals surface area contributed by atoms with E-state index in [-0.39, 0.29) is 5.91 Å². The lowest BCUT2D eigenvalue weighted by Crippen LogP contribution is -2.39. The monoisotopic (exact) mass is 289 g/mol. The van der Waals surface area contributed by atoms with Crippen molar-refractivity contribution in [3.8, 4) is 0 Å². The molecule has 1 unspecified atom stereocenters. The Balaban J connectivity index is 2.04. The highest BCUT2D eigenvalue weighted by molar-refractivity contribution is 5.95. The summed E-state index contributed by atoms with van der Waals surface area (Å²) in [5, 5.41) is 3.14. The van der Waals surface area contributed by atoms with Gasteiger partial charge in [0.05, 0.1) is 0 Å². The number of likely N-dealkylation sites (N-methyl/N-ethyl adjacent to an activating group) is 3. The minimum absolute atomic E-state index is 0.141. The largest absolute Gasteiger partial charge is 0.340 e. The zero-order valence-corrected chi connectivity index (χ0v) is 13.4. The predicted octanol–water partition coefficient (Wildman–Crippen LogP) is 1.61. The topological polar surface area (TPSA) is 35.6 Å². The molecule has 1 heterocycles. The number of nitrogens with zero attached hydrogens (tertiary/aromatic N) is 2. The number of carbonyl (C=O) groups excluding carboxylic acids is 1. The smallest absolute Gasteiger partial charge is 0.253 e. The lowest BCUT2D eigenvalue weighted by atomic mass is 10.0. The van der Waals surface area contributed by atoms with Crippen molar-refractivity contribution in [1.29, 1.82) is 0 Å². The molecule has 1 aromatic rings. The Morgan fingerprint density at radius 2 is 2.19 bits per heavy atom. The molecule has 116 valence electrons. The second-order valence-electron chi connectivity index (χ2n) is 5.97. The Morgan fingerprint density at radius 3 is 2.86 bits per heavy atom. The quantitative estimate of drug-likeness (QED) is 0.864. The van der Waals surface area contributed by atoms with E-state index in [1.807, 2.05) is 37.2 Å². The standard InChI is InChI=1S/C17H27N3O/c1-18-11-10-14-7-4-5-9-16(14)17(21)20(3)13-15-8-6-12-19(15)2/h4-5,7,9,15,18H,6,8,10-13H2,1-3H3. The molecule has 1 aliphatic rings. The van der Waals surface area contributed by atoms with Crippen LogP contribution < -0.4 is 5.32 Å². The maximum absolute atomic E-state index is 12.7. The number of nitrogens with one attached hydrogen (secondary N) is 1. The average Bonchev–Trinajstić information content (AvgIpc) is 2.90. The first-order valence-electron chi connectivity index (χ1n) is 7.81. The van der Waals surface area contributed by atoms with Crippen molar-refractivity contribution in [2.75, 3.05) is 40.8 Å². The van der Waals surface area contributed by atoms with Gasteiger partial charge in [-0.15, -0.1) is 0 Å². The number of likely N-dealkylation sites (tertiary alicyclic amines) is 1. The number of rotatable bonds is 6. The van der Waals surface area contributed by atoms with Crippen molar-refractivity contribution >= 4 is 5.91 Å². The van der Waals surface area contributed by atoms with Crippen molar-refractivity contribution in [3.05, 3.63) is 35.4 Å². The molecule has 2 rings (SSSR count). The van der Waals surface area contributed by atoms with E-state index >= 15 is 0 Å². The van der Waals surface area contributed by atoms with Gasteiger partial charge in [-0.05, 0) is 58.1 Å². The van der Waals surface area contributed by atoms with Crippen LogP contribution in [0.25, 0.3) is 0 Å². The van der Waals surface area contributed by atoms with Gasteiger partial charge in [-0.2, -0.15) is 0 Å². The van der Waals surface area contributed by atoms with Gasteiger partial charge < -0.3 is 15.1 Å². The molecule has 1 saturated heterocycles. The van der Waals surface area contributed by atoms with Gasteiger partial charge in [-0.25, -0.2) is 0 Å². The van der Waals surface area contributed by atoms with E-state index in [1.54, 1.807) is 0 Å². The third-order valence-corrected chi connectivity index (χ3v) is 4.39. The fourth-order valence-electron chi connectivity index (χ4n) is 3.02. The highest BCUT2D eigenvalue weighted by Gasteiger charge is 2.24. The van der Waals surface area contributed by atoms with Crippen LogP contribution in [0.3, 0.4) is 0 Å². The highest BCUT2D eigenvalue weighted by Crippen LogP contribution is 2.17. The van der Waals surface area contributed by atoms with E-state index in [1.165, 1.54) is 12.8 Å². The van der Waals surface area contributed by atoms with Gasteiger partial charge in [0, 0.05) is 25.2 Å². The van der Waals surface area contributed by atoms with Crippen molar-refractivity contribution in [3.63, 3.8) is 0 Å². The molecule has 21 heavy (non-hydrogen) atoms. The fraction of sp³-hybridized carbons (Fsp3) is 0.588. The Kier molecular flexibility index (Phi) is 5.76. The summed E-state index contributed by atoms with van der Waals surface area (Å²) in [5.41, 5.74) is 1.97. The van der Waals surface area contributed by atoms with E-state index in [4.69, 9.17) is 0 Å². The molecular weight excluding hydrogens is 262 g/mol. The zero-order chi connectivity index (χ0) is 15.2. The van der Waals surface area contributed by atoms with Gasteiger partial charge in [-0.3, -0.25) is 4.79 Å². The Labute approximate surface area is 128 Å². The fourth-order valence-corrected chi connectivity index (χ4v) is 3.02. The third kappa shape index (κ3) is 4.05. The summed E-state index contributed by atoms with van der Waals surface area (Å²) in [4.78, 5) is 16.9. The lowest BCUT2D eigenvalue weighted by Gasteiger charge is -2.26. The van der Waals surface area contributed by atoms with Gasteiger partial charge in [0.15, 0.2) is 0 Å². The van der Waals surface area contributed by atoms with E-state index in [0.717, 1.165) is 37.2 Å². The summed E-state index contributed by atoms with van der Waals surface area (Å²) < 4.78 is 0. The number of amides is 1. The van der Waals surface area contributed by atoms with Gasteiger partial charge in [0.1, 0.15) is 0 Å². The summed E-state index contributed by atoms with van der Waals surface area (Å²) in [6.07, 6.45) is 3.31. The Morgan fingerprint density at radius 1 is 1.43 bits per heavy atom. The van der Waals surface area contributed by atoms with Crippen LogP contribution in [-0.2, 0) is 6.42 Å². The Hall–Kier alpha value is -1.39. The molecular formula is C17H27N3O. The highest BCUT2D eigenvalue weighted by atomic mass is 16.2. The third-order valence-electron chi connectivity index (χ3n) is 4.39. The first-order chi connectivity index (χ1) is 10.1. The first-order valence-corrected chi connectivity index (χ1v) is 7.81. The molecule has 0 saturated carbocycles. The van der Waals surface area contributed by atoms with Crippen LogP contribution >= 0.6 is 0 Å². The van der Waals surface area contributed by atoms with Crippen LogP contribution in [0.5, 0.6) is 0 Å². The van der Waals surface area contributed by atoms with Crippen LogP contribution in [0.4, 0.5) is 0 Å². The zero-order valence-electron chi connectivity index (χ0n) is 13.4. The molecule has 4 heteroatoms. The van der Waals surface area contributed by atoms with Crippen LogP contribution in [-0.4, -0.2) is 62.5 Å². The average molecular weight is 289 g/mol. The van der Waals surface area contributed by atoms with Crippen molar-refractivity contribution < 1.29 is 4.79 Å². The molecule has 0 radical (unpaired) electrons. The minimum Gasteiger partial charge on any atom is -0.340 e. The van der Waals surface area contributed by atoms with Crippen LogP contribution in [0.2, 0.25) is 0 Å². The lowest BCUT2D eigenvalue weighted by molar-refractivity contribution is 0.0760. The van der Waals surface area contributed by atoms with Crippen LogP contribution in [0, 0.1) is 0 Å². The molecule has 0 aromatic heterocycles. The number of benzene rings is 1. The maximum atomic E-state index is 12.7. The molecule has 0 aliphatic carbocycles. The molecule has 1 fully saturated rings. The van der Waals surface area contributed by atoms with E-state index < -0.39 is 0 Å². The Bertz CT molecular complexity index is 475. The molecule has 1 aromatic carbocycles. The number of hydrogen-bond acceptors (Lipinski definition) is 3. The summed E-state index contributed by atoms with van der Waals surface area (Å²) in [5.74, 6) is 0.141. The maximum Gasteiger partial charge on any atom is 0.253 e. The summed E-state index contributed by atoms with van der Waals surface area (Å²) in [6.45, 7) is 2.85. The number of carbonyl (C=O) groups is 1. The van der Waals surface area contributed by atoms with E-state index in [0.29, 0.717) is 6.04 Å².